The van der Waals surface area contributed by atoms with Crippen LogP contribution in [0, 0.1) is 27.7 Å². The summed E-state index contributed by atoms with van der Waals surface area (Å²) in [5, 5.41) is 0. The molecule has 0 heterocycles. The van der Waals surface area contributed by atoms with Gasteiger partial charge in [0.2, 0.25) is 0 Å². The van der Waals surface area contributed by atoms with E-state index in [1.165, 1.54) is 0 Å². The van der Waals surface area contributed by atoms with Crippen molar-refractivity contribution in [1.29, 1.82) is 0 Å². The van der Waals surface area contributed by atoms with Crippen molar-refractivity contribution >= 4 is 11.6 Å². The summed E-state index contributed by atoms with van der Waals surface area (Å²) in [4.78, 5) is 25.6. The molecule has 0 bridgehead atoms. The molecule has 3 rings (SSSR count). The van der Waals surface area contributed by atoms with Gasteiger partial charge >= 0.3 is 0 Å². The Labute approximate surface area is 154 Å². The van der Waals surface area contributed by atoms with Crippen molar-refractivity contribution in [3.8, 4) is 0 Å². The summed E-state index contributed by atoms with van der Waals surface area (Å²) >= 11 is 0. The van der Waals surface area contributed by atoms with Crippen LogP contribution >= 0.6 is 0 Å². The molecule has 0 atom stereocenters. The van der Waals surface area contributed by atoms with Crippen molar-refractivity contribution in [3.05, 3.63) is 105 Å². The molecule has 0 N–H and O–H groups in total. The standard InChI is InChI=1S/C24H22O2/c1-15-8-10-21(12-17(15)3)23(25)19-6-5-7-20(14-19)24(26)22-11-9-16(2)18(4)13-22/h5-14H,1-4H3. The quantitative estimate of drug-likeness (QED) is 0.596. The third kappa shape index (κ3) is 3.50. The van der Waals surface area contributed by atoms with E-state index in [2.05, 4.69) is 0 Å². The summed E-state index contributed by atoms with van der Waals surface area (Å²) in [6.45, 7) is 8.02. The fraction of sp³-hybridized carbons (Fsp3) is 0.167. The van der Waals surface area contributed by atoms with E-state index < -0.39 is 0 Å². The van der Waals surface area contributed by atoms with Crippen LogP contribution in [-0.2, 0) is 0 Å². The highest BCUT2D eigenvalue weighted by atomic mass is 16.1. The predicted octanol–water partition coefficient (Wildman–Crippen LogP) is 5.38. The maximum absolute atomic E-state index is 12.8. The lowest BCUT2D eigenvalue weighted by molar-refractivity contribution is 0.103. The topological polar surface area (TPSA) is 34.1 Å². The van der Waals surface area contributed by atoms with Gasteiger partial charge in [0.25, 0.3) is 0 Å². The van der Waals surface area contributed by atoms with E-state index in [0.717, 1.165) is 22.3 Å². The average Bonchev–Trinajstić information content (AvgIpc) is 2.65. The number of hydrogen-bond acceptors (Lipinski definition) is 2. The molecule has 0 unspecified atom stereocenters. The third-order valence-electron chi connectivity index (χ3n) is 4.93. The second-order valence-corrected chi connectivity index (χ2v) is 6.84. The first-order chi connectivity index (χ1) is 12.4. The lowest BCUT2D eigenvalue weighted by atomic mass is 9.95. The second-order valence-electron chi connectivity index (χ2n) is 6.84. The van der Waals surface area contributed by atoms with Gasteiger partial charge in [-0.2, -0.15) is 0 Å². The van der Waals surface area contributed by atoms with E-state index >= 15 is 0 Å². The smallest absolute Gasteiger partial charge is 0.193 e. The van der Waals surface area contributed by atoms with Crippen LogP contribution in [-0.4, -0.2) is 11.6 Å². The SMILES string of the molecule is Cc1ccc(C(=O)c2cccc(C(=O)c3ccc(C)c(C)c3)c2)cc1C. The molecule has 0 aliphatic rings. The van der Waals surface area contributed by atoms with Crippen LogP contribution in [0.2, 0.25) is 0 Å². The maximum atomic E-state index is 12.8. The molecule has 26 heavy (non-hydrogen) atoms. The van der Waals surface area contributed by atoms with Gasteiger partial charge in [0.1, 0.15) is 0 Å². The Morgan fingerprint density at radius 1 is 0.500 bits per heavy atom. The maximum Gasteiger partial charge on any atom is 0.193 e. The van der Waals surface area contributed by atoms with E-state index in [1.54, 1.807) is 24.3 Å². The molecular formula is C24H22O2. The van der Waals surface area contributed by atoms with Crippen molar-refractivity contribution in [1.82, 2.24) is 0 Å². The second kappa shape index (κ2) is 7.09. The largest absolute Gasteiger partial charge is 0.289 e. The Kier molecular flexibility index (Phi) is 4.85. The number of carbonyl (C=O) groups is 2. The van der Waals surface area contributed by atoms with Gasteiger partial charge in [-0.25, -0.2) is 0 Å². The van der Waals surface area contributed by atoms with Crippen molar-refractivity contribution in [3.63, 3.8) is 0 Å². The van der Waals surface area contributed by atoms with E-state index in [0.29, 0.717) is 22.3 Å². The number of rotatable bonds is 4. The van der Waals surface area contributed by atoms with E-state index in [9.17, 15) is 9.59 Å². The van der Waals surface area contributed by atoms with Gasteiger partial charge in [-0.15, -0.1) is 0 Å². The Morgan fingerprint density at radius 3 is 1.27 bits per heavy atom. The van der Waals surface area contributed by atoms with Crippen LogP contribution in [0.1, 0.15) is 54.1 Å². The van der Waals surface area contributed by atoms with E-state index in [-0.39, 0.29) is 11.6 Å². The molecular weight excluding hydrogens is 320 g/mol. The van der Waals surface area contributed by atoms with Crippen LogP contribution in [0.3, 0.4) is 0 Å². The molecule has 0 fully saturated rings. The molecule has 0 aliphatic carbocycles. The average molecular weight is 342 g/mol. The fourth-order valence-corrected chi connectivity index (χ4v) is 2.90. The Hall–Kier alpha value is -3.00. The Morgan fingerprint density at radius 2 is 0.885 bits per heavy atom. The third-order valence-corrected chi connectivity index (χ3v) is 4.93. The number of hydrogen-bond donors (Lipinski definition) is 0. The van der Waals surface area contributed by atoms with Crippen molar-refractivity contribution in [2.75, 3.05) is 0 Å². The zero-order valence-electron chi connectivity index (χ0n) is 15.6. The van der Waals surface area contributed by atoms with Gasteiger partial charge in [0.05, 0.1) is 0 Å². The molecule has 0 amide bonds. The zero-order chi connectivity index (χ0) is 18.8. The van der Waals surface area contributed by atoms with Crippen LogP contribution in [0.4, 0.5) is 0 Å². The molecule has 3 aromatic rings. The number of aryl methyl sites for hydroxylation is 4. The molecule has 0 aromatic heterocycles. The summed E-state index contributed by atoms with van der Waals surface area (Å²) in [7, 11) is 0. The van der Waals surface area contributed by atoms with Gasteiger partial charge in [-0.05, 0) is 68.1 Å². The first-order valence-electron chi connectivity index (χ1n) is 8.71. The highest BCUT2D eigenvalue weighted by molar-refractivity contribution is 6.13. The monoisotopic (exact) mass is 342 g/mol. The number of carbonyl (C=O) groups excluding carboxylic acids is 2. The first-order valence-corrected chi connectivity index (χ1v) is 8.71. The minimum Gasteiger partial charge on any atom is -0.289 e. The van der Waals surface area contributed by atoms with Crippen molar-refractivity contribution in [2.45, 2.75) is 27.7 Å². The molecule has 3 aromatic carbocycles. The predicted molar refractivity (Wildman–Crippen MR) is 105 cm³/mol. The van der Waals surface area contributed by atoms with Crippen molar-refractivity contribution in [2.24, 2.45) is 0 Å². The summed E-state index contributed by atoms with van der Waals surface area (Å²) in [5.74, 6) is -0.134. The molecule has 0 saturated heterocycles. The van der Waals surface area contributed by atoms with Crippen LogP contribution in [0.5, 0.6) is 0 Å². The van der Waals surface area contributed by atoms with Gasteiger partial charge < -0.3 is 0 Å². The Bertz CT molecular complexity index is 934. The van der Waals surface area contributed by atoms with Crippen molar-refractivity contribution < 1.29 is 9.59 Å². The molecule has 2 heteroatoms. The van der Waals surface area contributed by atoms with E-state index in [1.807, 2.05) is 64.1 Å². The number of benzene rings is 3. The van der Waals surface area contributed by atoms with Crippen LogP contribution in [0.25, 0.3) is 0 Å². The highest BCUT2D eigenvalue weighted by Crippen LogP contribution is 2.18. The molecule has 0 saturated carbocycles. The molecule has 2 nitrogen and oxygen atoms in total. The fourth-order valence-electron chi connectivity index (χ4n) is 2.90. The first kappa shape index (κ1) is 17.8. The van der Waals surface area contributed by atoms with Crippen LogP contribution < -0.4 is 0 Å². The number of ketones is 2. The van der Waals surface area contributed by atoms with Gasteiger partial charge in [-0.1, -0.05) is 42.5 Å². The lowest BCUT2D eigenvalue weighted by Gasteiger charge is -2.08. The summed E-state index contributed by atoms with van der Waals surface area (Å²) < 4.78 is 0. The normalized spacial score (nSPS) is 10.6. The molecule has 0 spiro atoms. The minimum absolute atomic E-state index is 0.0668. The minimum atomic E-state index is -0.0668. The van der Waals surface area contributed by atoms with Gasteiger partial charge in [0, 0.05) is 22.3 Å². The summed E-state index contributed by atoms with van der Waals surface area (Å²) in [6, 6.07) is 18.3. The summed E-state index contributed by atoms with van der Waals surface area (Å²) in [5.41, 5.74) is 6.82. The highest BCUT2D eigenvalue weighted by Gasteiger charge is 2.14. The molecule has 0 radical (unpaired) electrons. The van der Waals surface area contributed by atoms with Crippen LogP contribution in [0.15, 0.2) is 60.7 Å². The van der Waals surface area contributed by atoms with E-state index in [4.69, 9.17) is 0 Å². The van der Waals surface area contributed by atoms with Gasteiger partial charge in [0.15, 0.2) is 11.6 Å². The lowest BCUT2D eigenvalue weighted by Crippen LogP contribution is -2.06. The van der Waals surface area contributed by atoms with Gasteiger partial charge in [-0.3, -0.25) is 9.59 Å². The molecule has 130 valence electrons. The zero-order valence-corrected chi connectivity index (χ0v) is 15.6. The summed E-state index contributed by atoms with van der Waals surface area (Å²) in [6.07, 6.45) is 0. The Balaban J connectivity index is 1.94. The molecule has 0 aliphatic heterocycles.